The molecule has 0 aliphatic heterocycles. The minimum Gasteiger partial charge on any atom is -0.493 e. The van der Waals surface area contributed by atoms with Gasteiger partial charge in [0.25, 0.3) is 0 Å². The van der Waals surface area contributed by atoms with Crippen molar-refractivity contribution in [1.29, 1.82) is 0 Å². The van der Waals surface area contributed by atoms with Crippen molar-refractivity contribution in [2.45, 2.75) is 26.9 Å². The first kappa shape index (κ1) is 22.4. The summed E-state index contributed by atoms with van der Waals surface area (Å²) in [5, 5.41) is 3.25. The summed E-state index contributed by atoms with van der Waals surface area (Å²) in [6.07, 6.45) is 3.03. The van der Waals surface area contributed by atoms with Crippen molar-refractivity contribution in [3.05, 3.63) is 46.5 Å². The molecule has 0 atom stereocenters. The van der Waals surface area contributed by atoms with Crippen LogP contribution in [0.15, 0.2) is 30.3 Å². The number of hydrogen-bond donors (Lipinski definition) is 1. The lowest BCUT2D eigenvalue weighted by molar-refractivity contribution is -0.111. The standard InChI is InChI=1S/C22H26ClNO5/c1-13(2)29-22-16(23)10-15(11-20(22)28-6)7-8-21(25)24-17-12-19(27-5)18(26-4)9-14(17)3/h7-13H,1-6H3,(H,24,25)/b8-7+. The molecule has 0 unspecified atom stereocenters. The number of nitrogens with one attached hydrogen (secondary N) is 1. The highest BCUT2D eigenvalue weighted by Crippen LogP contribution is 2.37. The molecule has 1 amide bonds. The van der Waals surface area contributed by atoms with Gasteiger partial charge in [-0.2, -0.15) is 0 Å². The predicted molar refractivity (Wildman–Crippen MR) is 116 cm³/mol. The molecule has 0 saturated heterocycles. The van der Waals surface area contributed by atoms with E-state index in [9.17, 15) is 4.79 Å². The highest BCUT2D eigenvalue weighted by Gasteiger charge is 2.13. The summed E-state index contributed by atoms with van der Waals surface area (Å²) < 4.78 is 21.6. The largest absolute Gasteiger partial charge is 0.493 e. The number of rotatable bonds is 8. The molecule has 0 bridgehead atoms. The van der Waals surface area contributed by atoms with E-state index in [1.54, 1.807) is 51.7 Å². The van der Waals surface area contributed by atoms with Crippen LogP contribution in [0.5, 0.6) is 23.0 Å². The van der Waals surface area contributed by atoms with E-state index in [0.29, 0.717) is 39.3 Å². The van der Waals surface area contributed by atoms with Crippen LogP contribution in [0.1, 0.15) is 25.0 Å². The molecule has 2 rings (SSSR count). The molecule has 0 radical (unpaired) electrons. The summed E-state index contributed by atoms with van der Waals surface area (Å²) in [4.78, 5) is 12.4. The summed E-state index contributed by atoms with van der Waals surface area (Å²) in [5.74, 6) is 1.82. The lowest BCUT2D eigenvalue weighted by Crippen LogP contribution is -2.09. The number of carbonyl (C=O) groups excluding carboxylic acids is 1. The minimum atomic E-state index is -0.294. The summed E-state index contributed by atoms with van der Waals surface area (Å²) >= 11 is 6.32. The second-order valence-corrected chi connectivity index (χ2v) is 6.95. The number of methoxy groups -OCH3 is 3. The molecule has 156 valence electrons. The fourth-order valence-corrected chi connectivity index (χ4v) is 2.91. The topological polar surface area (TPSA) is 66.0 Å². The molecule has 0 spiro atoms. The normalized spacial score (nSPS) is 10.9. The second-order valence-electron chi connectivity index (χ2n) is 6.55. The highest BCUT2D eigenvalue weighted by atomic mass is 35.5. The number of aryl methyl sites for hydroxylation is 1. The van der Waals surface area contributed by atoms with Crippen LogP contribution in [-0.4, -0.2) is 33.3 Å². The summed E-state index contributed by atoms with van der Waals surface area (Å²) in [6.45, 7) is 5.69. The fraction of sp³-hybridized carbons (Fsp3) is 0.318. The molecule has 0 aromatic heterocycles. The van der Waals surface area contributed by atoms with Gasteiger partial charge in [-0.15, -0.1) is 0 Å². The van der Waals surface area contributed by atoms with Gasteiger partial charge in [0, 0.05) is 17.8 Å². The van der Waals surface area contributed by atoms with E-state index in [4.69, 9.17) is 30.5 Å². The predicted octanol–water partition coefficient (Wildman–Crippen LogP) is 5.11. The zero-order chi connectivity index (χ0) is 21.6. The van der Waals surface area contributed by atoms with Crippen molar-refractivity contribution in [2.75, 3.05) is 26.6 Å². The Morgan fingerprint density at radius 1 is 1.00 bits per heavy atom. The molecule has 2 aromatic rings. The molecule has 2 aromatic carbocycles. The Hall–Kier alpha value is -2.86. The quantitative estimate of drug-likeness (QED) is 0.602. The van der Waals surface area contributed by atoms with E-state index >= 15 is 0 Å². The van der Waals surface area contributed by atoms with Crippen LogP contribution in [0.3, 0.4) is 0 Å². The Morgan fingerprint density at radius 2 is 1.62 bits per heavy atom. The lowest BCUT2D eigenvalue weighted by atomic mass is 10.1. The fourth-order valence-electron chi connectivity index (χ4n) is 2.65. The molecular formula is C22H26ClNO5. The molecular weight excluding hydrogens is 394 g/mol. The van der Waals surface area contributed by atoms with E-state index in [2.05, 4.69) is 5.32 Å². The first-order chi connectivity index (χ1) is 13.8. The van der Waals surface area contributed by atoms with Crippen LogP contribution in [0.2, 0.25) is 5.02 Å². The maximum atomic E-state index is 12.4. The molecule has 0 saturated carbocycles. The van der Waals surface area contributed by atoms with Gasteiger partial charge in [-0.1, -0.05) is 11.6 Å². The number of amides is 1. The van der Waals surface area contributed by atoms with E-state index in [1.807, 2.05) is 20.8 Å². The van der Waals surface area contributed by atoms with Crippen LogP contribution in [0.4, 0.5) is 5.69 Å². The molecule has 0 fully saturated rings. The van der Waals surface area contributed by atoms with Crippen molar-refractivity contribution in [2.24, 2.45) is 0 Å². The third kappa shape index (κ3) is 5.81. The minimum absolute atomic E-state index is 0.0432. The Morgan fingerprint density at radius 3 is 2.21 bits per heavy atom. The third-order valence-electron chi connectivity index (χ3n) is 4.02. The van der Waals surface area contributed by atoms with Gasteiger partial charge >= 0.3 is 0 Å². The maximum absolute atomic E-state index is 12.4. The lowest BCUT2D eigenvalue weighted by Gasteiger charge is -2.15. The number of halogens is 1. The third-order valence-corrected chi connectivity index (χ3v) is 4.30. The first-order valence-electron chi connectivity index (χ1n) is 9.04. The number of benzene rings is 2. The Labute approximate surface area is 176 Å². The van der Waals surface area contributed by atoms with Gasteiger partial charge in [-0.05, 0) is 56.2 Å². The van der Waals surface area contributed by atoms with Gasteiger partial charge in [0.05, 0.1) is 32.5 Å². The van der Waals surface area contributed by atoms with Crippen molar-refractivity contribution in [1.82, 2.24) is 0 Å². The van der Waals surface area contributed by atoms with Gasteiger partial charge in [-0.25, -0.2) is 0 Å². The van der Waals surface area contributed by atoms with Crippen molar-refractivity contribution < 1.29 is 23.7 Å². The first-order valence-corrected chi connectivity index (χ1v) is 9.42. The summed E-state index contributed by atoms with van der Waals surface area (Å²) in [7, 11) is 4.65. The molecule has 0 aliphatic rings. The Bertz CT molecular complexity index is 909. The number of ether oxygens (including phenoxy) is 4. The number of anilines is 1. The second kappa shape index (κ2) is 10.1. The SMILES string of the molecule is COc1cc(C)c(NC(=O)/C=C/c2cc(Cl)c(OC(C)C)c(OC)c2)cc1OC. The van der Waals surface area contributed by atoms with E-state index in [0.717, 1.165) is 5.56 Å². The molecule has 1 N–H and O–H groups in total. The number of hydrogen-bond acceptors (Lipinski definition) is 5. The van der Waals surface area contributed by atoms with Gasteiger partial charge in [0.15, 0.2) is 23.0 Å². The van der Waals surface area contributed by atoms with Gasteiger partial charge < -0.3 is 24.3 Å². The molecule has 0 aliphatic carbocycles. The highest BCUT2D eigenvalue weighted by molar-refractivity contribution is 6.32. The van der Waals surface area contributed by atoms with Gasteiger partial charge in [0.2, 0.25) is 5.91 Å². The molecule has 29 heavy (non-hydrogen) atoms. The van der Waals surface area contributed by atoms with Crippen molar-refractivity contribution in [3.63, 3.8) is 0 Å². The zero-order valence-electron chi connectivity index (χ0n) is 17.5. The average molecular weight is 420 g/mol. The van der Waals surface area contributed by atoms with Gasteiger partial charge in [-0.3, -0.25) is 4.79 Å². The van der Waals surface area contributed by atoms with Crippen molar-refractivity contribution >= 4 is 29.3 Å². The molecule has 6 nitrogen and oxygen atoms in total. The van der Waals surface area contributed by atoms with Gasteiger partial charge in [0.1, 0.15) is 0 Å². The monoisotopic (exact) mass is 419 g/mol. The zero-order valence-corrected chi connectivity index (χ0v) is 18.2. The van der Waals surface area contributed by atoms with Crippen LogP contribution in [0.25, 0.3) is 6.08 Å². The molecule has 0 heterocycles. The van der Waals surface area contributed by atoms with Crippen LogP contribution in [-0.2, 0) is 4.79 Å². The van der Waals surface area contributed by atoms with Crippen molar-refractivity contribution in [3.8, 4) is 23.0 Å². The van der Waals surface area contributed by atoms with E-state index in [1.165, 1.54) is 6.08 Å². The smallest absolute Gasteiger partial charge is 0.248 e. The van der Waals surface area contributed by atoms with E-state index in [-0.39, 0.29) is 12.0 Å². The maximum Gasteiger partial charge on any atom is 0.248 e. The van der Waals surface area contributed by atoms with Crippen LogP contribution < -0.4 is 24.3 Å². The Balaban J connectivity index is 2.20. The summed E-state index contributed by atoms with van der Waals surface area (Å²) in [5.41, 5.74) is 2.19. The summed E-state index contributed by atoms with van der Waals surface area (Å²) in [6, 6.07) is 7.00. The van der Waals surface area contributed by atoms with Crippen LogP contribution >= 0.6 is 11.6 Å². The number of carbonyl (C=O) groups is 1. The molecule has 7 heteroatoms. The van der Waals surface area contributed by atoms with E-state index < -0.39 is 0 Å². The average Bonchev–Trinajstić information content (AvgIpc) is 2.68. The van der Waals surface area contributed by atoms with Crippen LogP contribution in [0, 0.1) is 6.92 Å². The Kier molecular flexibility index (Phi) is 7.79.